The number of allylic oxidation sites excluding steroid dienone is 2. The summed E-state index contributed by atoms with van der Waals surface area (Å²) in [5.41, 5.74) is 3.07. The lowest BCUT2D eigenvalue weighted by Gasteiger charge is -2.38. The van der Waals surface area contributed by atoms with Gasteiger partial charge < -0.3 is 10.1 Å². The first-order valence-electron chi connectivity index (χ1n) is 9.65. The van der Waals surface area contributed by atoms with Gasteiger partial charge in [-0.05, 0) is 55.5 Å². The number of nitro groups is 1. The Hall–Kier alpha value is -2.53. The fraction of sp³-hybridized carbons (Fsp3) is 0.364. The molecule has 4 rings (SSSR count). The molecule has 0 amide bonds. The largest absolute Gasteiger partial charge is 0.491 e. The molecule has 1 N–H and O–H groups in total. The molecule has 0 aromatic heterocycles. The standard InChI is InChI=1S/C22H23ClN2O3/c1-3-13(2)28-15-8-10-21-18(12-15)16-5-4-6-17(16)22(24-21)19-11-14(25(26)27)7-9-20(19)23/h4-5,7-13,16-17,22,24H,3,6H2,1-2H3. The van der Waals surface area contributed by atoms with Crippen LogP contribution in [0.3, 0.4) is 0 Å². The molecule has 0 fully saturated rings. The Morgan fingerprint density at radius 3 is 2.86 bits per heavy atom. The third kappa shape index (κ3) is 3.35. The van der Waals surface area contributed by atoms with Crippen LogP contribution in [0.15, 0.2) is 48.6 Å². The maximum Gasteiger partial charge on any atom is 0.269 e. The number of hydrogen-bond acceptors (Lipinski definition) is 4. The summed E-state index contributed by atoms with van der Waals surface area (Å²) in [6.45, 7) is 4.17. The van der Waals surface area contributed by atoms with Crippen molar-refractivity contribution in [3.05, 3.63) is 74.8 Å². The minimum Gasteiger partial charge on any atom is -0.491 e. The van der Waals surface area contributed by atoms with Gasteiger partial charge in [0.2, 0.25) is 0 Å². The summed E-state index contributed by atoms with van der Waals surface area (Å²) < 4.78 is 6.00. The molecule has 28 heavy (non-hydrogen) atoms. The van der Waals surface area contributed by atoms with Crippen LogP contribution >= 0.6 is 11.6 Å². The smallest absolute Gasteiger partial charge is 0.269 e. The minimum absolute atomic E-state index is 0.0619. The highest BCUT2D eigenvalue weighted by molar-refractivity contribution is 6.31. The molecular weight excluding hydrogens is 376 g/mol. The third-order valence-electron chi connectivity index (χ3n) is 5.77. The number of halogens is 1. The van der Waals surface area contributed by atoms with Crippen LogP contribution < -0.4 is 10.1 Å². The lowest BCUT2D eigenvalue weighted by Crippen LogP contribution is -2.29. The number of nitro benzene ring substituents is 1. The number of rotatable bonds is 5. The molecule has 2 aromatic rings. The summed E-state index contributed by atoms with van der Waals surface area (Å²) in [5.74, 6) is 1.36. The van der Waals surface area contributed by atoms with Gasteiger partial charge in [-0.25, -0.2) is 0 Å². The van der Waals surface area contributed by atoms with E-state index in [0.717, 1.165) is 29.8 Å². The molecule has 0 saturated heterocycles. The van der Waals surface area contributed by atoms with Gasteiger partial charge in [-0.15, -0.1) is 0 Å². The highest BCUT2D eigenvalue weighted by Crippen LogP contribution is 2.51. The molecule has 6 heteroatoms. The van der Waals surface area contributed by atoms with Crippen molar-refractivity contribution in [3.8, 4) is 5.75 Å². The molecule has 2 aromatic carbocycles. The first-order chi connectivity index (χ1) is 13.5. The number of ether oxygens (including phenoxy) is 1. The van der Waals surface area contributed by atoms with Gasteiger partial charge in [-0.2, -0.15) is 0 Å². The number of fused-ring (bicyclic) bond motifs is 3. The molecule has 0 radical (unpaired) electrons. The number of hydrogen-bond donors (Lipinski definition) is 1. The van der Waals surface area contributed by atoms with Crippen LogP contribution in [0.25, 0.3) is 0 Å². The van der Waals surface area contributed by atoms with Crippen molar-refractivity contribution in [2.45, 2.75) is 44.8 Å². The summed E-state index contributed by atoms with van der Waals surface area (Å²) in [6.07, 6.45) is 6.44. The van der Waals surface area contributed by atoms with Crippen molar-refractivity contribution in [1.82, 2.24) is 0 Å². The number of anilines is 1. The van der Waals surface area contributed by atoms with Crippen molar-refractivity contribution in [2.75, 3.05) is 5.32 Å². The predicted molar refractivity (Wildman–Crippen MR) is 111 cm³/mol. The van der Waals surface area contributed by atoms with E-state index >= 15 is 0 Å². The second-order valence-electron chi connectivity index (χ2n) is 7.52. The van der Waals surface area contributed by atoms with Crippen LogP contribution in [0, 0.1) is 16.0 Å². The number of nitrogens with one attached hydrogen (secondary N) is 1. The monoisotopic (exact) mass is 398 g/mol. The lowest BCUT2D eigenvalue weighted by molar-refractivity contribution is -0.384. The Balaban J connectivity index is 1.72. The van der Waals surface area contributed by atoms with E-state index < -0.39 is 0 Å². The topological polar surface area (TPSA) is 64.4 Å². The van der Waals surface area contributed by atoms with E-state index in [2.05, 4.69) is 37.4 Å². The molecule has 0 bridgehead atoms. The van der Waals surface area contributed by atoms with E-state index in [1.807, 2.05) is 12.1 Å². The summed E-state index contributed by atoms with van der Waals surface area (Å²) in [5, 5.41) is 15.4. The van der Waals surface area contributed by atoms with Crippen LogP contribution in [-0.2, 0) is 0 Å². The van der Waals surface area contributed by atoms with Gasteiger partial charge in [0.25, 0.3) is 5.69 Å². The zero-order chi connectivity index (χ0) is 19.8. The molecule has 0 spiro atoms. The third-order valence-corrected chi connectivity index (χ3v) is 6.12. The van der Waals surface area contributed by atoms with Crippen molar-refractivity contribution in [3.63, 3.8) is 0 Å². The summed E-state index contributed by atoms with van der Waals surface area (Å²) in [6, 6.07) is 10.7. The normalized spacial score (nSPS) is 23.5. The Bertz CT molecular complexity index is 943. The van der Waals surface area contributed by atoms with Gasteiger partial charge in [-0.1, -0.05) is 30.7 Å². The molecule has 1 heterocycles. The van der Waals surface area contributed by atoms with Crippen LogP contribution in [-0.4, -0.2) is 11.0 Å². The van der Waals surface area contributed by atoms with Crippen molar-refractivity contribution < 1.29 is 9.66 Å². The van der Waals surface area contributed by atoms with E-state index in [4.69, 9.17) is 16.3 Å². The molecule has 4 atom stereocenters. The van der Waals surface area contributed by atoms with Crippen LogP contribution in [0.2, 0.25) is 5.02 Å². The van der Waals surface area contributed by atoms with Gasteiger partial charge in [0.05, 0.1) is 17.1 Å². The molecule has 2 aliphatic rings. The average Bonchev–Trinajstić information content (AvgIpc) is 3.18. The van der Waals surface area contributed by atoms with Crippen molar-refractivity contribution >= 4 is 23.0 Å². The zero-order valence-electron chi connectivity index (χ0n) is 15.9. The van der Waals surface area contributed by atoms with E-state index in [0.29, 0.717) is 5.02 Å². The Labute approximate surface area is 169 Å². The van der Waals surface area contributed by atoms with Crippen LogP contribution in [0.4, 0.5) is 11.4 Å². The number of nitrogens with zero attached hydrogens (tertiary/aromatic N) is 1. The van der Waals surface area contributed by atoms with Gasteiger partial charge in [0.1, 0.15) is 5.75 Å². The Morgan fingerprint density at radius 1 is 1.29 bits per heavy atom. The number of non-ortho nitro benzene ring substituents is 1. The predicted octanol–water partition coefficient (Wildman–Crippen LogP) is 6.25. The maximum absolute atomic E-state index is 11.2. The van der Waals surface area contributed by atoms with Gasteiger partial charge in [0.15, 0.2) is 0 Å². The maximum atomic E-state index is 11.2. The zero-order valence-corrected chi connectivity index (χ0v) is 16.6. The SMILES string of the molecule is CCC(C)Oc1ccc2c(c1)C1C=CCC1C(c1cc([N+](=O)[O-])ccc1Cl)N2. The Kier molecular flexibility index (Phi) is 5.02. The Morgan fingerprint density at radius 2 is 2.11 bits per heavy atom. The molecule has 1 aliphatic carbocycles. The first kappa shape index (κ1) is 18.8. The summed E-state index contributed by atoms with van der Waals surface area (Å²) in [7, 11) is 0. The fourth-order valence-corrected chi connectivity index (χ4v) is 4.39. The van der Waals surface area contributed by atoms with Gasteiger partial charge in [0, 0.05) is 34.3 Å². The van der Waals surface area contributed by atoms with Crippen LogP contribution in [0.5, 0.6) is 5.75 Å². The molecule has 0 saturated carbocycles. The average molecular weight is 399 g/mol. The van der Waals surface area contributed by atoms with E-state index in [1.165, 1.54) is 11.6 Å². The van der Waals surface area contributed by atoms with Crippen molar-refractivity contribution in [1.29, 1.82) is 0 Å². The van der Waals surface area contributed by atoms with E-state index in [1.54, 1.807) is 12.1 Å². The highest BCUT2D eigenvalue weighted by Gasteiger charge is 2.39. The van der Waals surface area contributed by atoms with Crippen molar-refractivity contribution in [2.24, 2.45) is 5.92 Å². The highest BCUT2D eigenvalue weighted by atomic mass is 35.5. The fourth-order valence-electron chi connectivity index (χ4n) is 4.15. The molecule has 5 nitrogen and oxygen atoms in total. The summed E-state index contributed by atoms with van der Waals surface area (Å²) >= 11 is 6.45. The van der Waals surface area contributed by atoms with Gasteiger partial charge >= 0.3 is 0 Å². The minimum atomic E-state index is -0.376. The first-order valence-corrected chi connectivity index (χ1v) is 10.0. The van der Waals surface area contributed by atoms with Crippen LogP contribution in [0.1, 0.15) is 49.8 Å². The lowest BCUT2D eigenvalue weighted by atomic mass is 9.77. The molecule has 1 aliphatic heterocycles. The second kappa shape index (κ2) is 7.47. The molecular formula is C22H23ClN2O3. The molecule has 4 unspecified atom stereocenters. The quantitative estimate of drug-likeness (QED) is 0.367. The van der Waals surface area contributed by atoms with E-state index in [9.17, 15) is 10.1 Å². The molecule has 146 valence electrons. The summed E-state index contributed by atoms with van der Waals surface area (Å²) in [4.78, 5) is 10.9. The number of benzene rings is 2. The van der Waals surface area contributed by atoms with E-state index in [-0.39, 0.29) is 34.6 Å². The van der Waals surface area contributed by atoms with Gasteiger partial charge in [-0.3, -0.25) is 10.1 Å². The second-order valence-corrected chi connectivity index (χ2v) is 7.93.